The van der Waals surface area contributed by atoms with Crippen molar-refractivity contribution in [3.63, 3.8) is 0 Å². The Morgan fingerprint density at radius 1 is 1.53 bits per heavy atom. The molecule has 0 atom stereocenters. The summed E-state index contributed by atoms with van der Waals surface area (Å²) in [6.07, 6.45) is 0.974. The monoisotopic (exact) mass is 201 g/mol. The lowest BCUT2D eigenvalue weighted by atomic mass is 10.0. The number of nitrogens with zero attached hydrogens (tertiary/aromatic N) is 2. The first-order chi connectivity index (χ1) is 7.36. The van der Waals surface area contributed by atoms with Gasteiger partial charge in [0.2, 0.25) is 0 Å². The number of benzene rings is 1. The van der Waals surface area contributed by atoms with E-state index in [4.69, 9.17) is 5.26 Å². The molecule has 1 aliphatic heterocycles. The third-order valence-electron chi connectivity index (χ3n) is 2.80. The van der Waals surface area contributed by atoms with Crippen molar-refractivity contribution in [1.82, 2.24) is 5.32 Å². The Kier molecular flexibility index (Phi) is 2.89. The van der Waals surface area contributed by atoms with E-state index in [9.17, 15) is 0 Å². The number of hydrogen-bond acceptors (Lipinski definition) is 3. The average molecular weight is 201 g/mol. The maximum Gasteiger partial charge on any atom is 0.101 e. The highest BCUT2D eigenvalue weighted by molar-refractivity contribution is 5.64. The van der Waals surface area contributed by atoms with Crippen LogP contribution in [0.4, 0.5) is 5.69 Å². The fourth-order valence-corrected chi connectivity index (χ4v) is 2.04. The van der Waals surface area contributed by atoms with E-state index in [1.165, 1.54) is 5.56 Å². The number of anilines is 1. The first-order valence-electron chi connectivity index (χ1n) is 5.34. The van der Waals surface area contributed by atoms with Crippen LogP contribution in [-0.2, 0) is 6.42 Å². The molecule has 0 spiro atoms. The number of nitriles is 1. The van der Waals surface area contributed by atoms with E-state index < -0.39 is 0 Å². The largest absolute Gasteiger partial charge is 0.356 e. The van der Waals surface area contributed by atoms with Crippen LogP contribution in [0, 0.1) is 11.3 Å². The van der Waals surface area contributed by atoms with Gasteiger partial charge in [-0.3, -0.25) is 5.32 Å². The van der Waals surface area contributed by atoms with Gasteiger partial charge in [0.1, 0.15) is 6.07 Å². The molecule has 1 aromatic rings. The molecular weight excluding hydrogens is 186 g/mol. The van der Waals surface area contributed by atoms with E-state index in [1.54, 1.807) is 0 Å². The molecule has 0 amide bonds. The highest BCUT2D eigenvalue weighted by Crippen LogP contribution is 2.26. The van der Waals surface area contributed by atoms with Crippen LogP contribution in [0.5, 0.6) is 0 Å². The number of hydrogen-bond donors (Lipinski definition) is 1. The molecule has 1 heterocycles. The number of rotatable bonds is 2. The fourth-order valence-electron chi connectivity index (χ4n) is 2.04. The normalized spacial score (nSPS) is 15.3. The quantitative estimate of drug-likeness (QED) is 0.788. The molecule has 0 saturated carbocycles. The van der Waals surface area contributed by atoms with Gasteiger partial charge >= 0.3 is 0 Å². The SMILES string of the molecule is CCc1cccc(C#N)c1N1CCNC1. The standard InChI is InChI=1S/C12H15N3/c1-2-10-4-3-5-11(8-13)12(10)15-7-6-14-9-15/h3-5,14H,2,6-7,9H2,1H3. The van der Waals surface area contributed by atoms with Gasteiger partial charge in [-0.25, -0.2) is 0 Å². The summed E-state index contributed by atoms with van der Waals surface area (Å²) in [5.41, 5.74) is 3.17. The number of nitrogens with one attached hydrogen (secondary N) is 1. The van der Waals surface area contributed by atoms with Crippen molar-refractivity contribution in [2.45, 2.75) is 13.3 Å². The number of para-hydroxylation sites is 1. The van der Waals surface area contributed by atoms with Crippen molar-refractivity contribution < 1.29 is 0 Å². The van der Waals surface area contributed by atoms with Gasteiger partial charge in [0, 0.05) is 13.1 Å². The molecule has 0 radical (unpaired) electrons. The Balaban J connectivity index is 2.45. The maximum absolute atomic E-state index is 9.10. The van der Waals surface area contributed by atoms with E-state index in [-0.39, 0.29) is 0 Å². The Morgan fingerprint density at radius 2 is 2.40 bits per heavy atom. The first kappa shape index (κ1) is 10.0. The van der Waals surface area contributed by atoms with Crippen molar-refractivity contribution in [3.8, 4) is 6.07 Å². The van der Waals surface area contributed by atoms with E-state index in [0.29, 0.717) is 0 Å². The molecule has 15 heavy (non-hydrogen) atoms. The predicted molar refractivity (Wildman–Crippen MR) is 60.8 cm³/mol. The molecule has 3 nitrogen and oxygen atoms in total. The molecule has 2 rings (SSSR count). The number of aryl methyl sites for hydroxylation is 1. The second-order valence-electron chi connectivity index (χ2n) is 3.70. The molecule has 0 aromatic heterocycles. The highest BCUT2D eigenvalue weighted by atomic mass is 15.3. The van der Waals surface area contributed by atoms with Gasteiger partial charge in [-0.05, 0) is 18.1 Å². The molecule has 0 bridgehead atoms. The van der Waals surface area contributed by atoms with Gasteiger partial charge in [-0.1, -0.05) is 19.1 Å². The van der Waals surface area contributed by atoms with E-state index >= 15 is 0 Å². The molecular formula is C12H15N3. The zero-order valence-corrected chi connectivity index (χ0v) is 8.95. The van der Waals surface area contributed by atoms with Crippen LogP contribution >= 0.6 is 0 Å². The summed E-state index contributed by atoms with van der Waals surface area (Å²) in [6.45, 7) is 4.98. The average Bonchev–Trinajstić information content (AvgIpc) is 2.81. The lowest BCUT2D eigenvalue weighted by molar-refractivity contribution is 0.852. The molecule has 78 valence electrons. The summed E-state index contributed by atoms with van der Waals surface area (Å²) in [5.74, 6) is 0. The van der Waals surface area contributed by atoms with Crippen LogP contribution in [0.3, 0.4) is 0 Å². The third kappa shape index (κ3) is 1.81. The molecule has 1 saturated heterocycles. The minimum atomic E-state index is 0.790. The summed E-state index contributed by atoms with van der Waals surface area (Å²) < 4.78 is 0. The van der Waals surface area contributed by atoms with E-state index in [1.807, 2.05) is 12.1 Å². The zero-order chi connectivity index (χ0) is 10.7. The molecule has 3 heteroatoms. The summed E-state index contributed by atoms with van der Waals surface area (Å²) in [5, 5.41) is 12.4. The van der Waals surface area contributed by atoms with E-state index in [2.05, 4.69) is 29.3 Å². The van der Waals surface area contributed by atoms with Crippen LogP contribution in [0.15, 0.2) is 18.2 Å². The Labute approximate surface area is 90.3 Å². The topological polar surface area (TPSA) is 39.1 Å². The Hall–Kier alpha value is -1.53. The van der Waals surface area contributed by atoms with Gasteiger partial charge in [-0.15, -0.1) is 0 Å². The third-order valence-corrected chi connectivity index (χ3v) is 2.80. The van der Waals surface area contributed by atoms with Gasteiger partial charge in [-0.2, -0.15) is 5.26 Å². The van der Waals surface area contributed by atoms with Crippen molar-refractivity contribution in [2.24, 2.45) is 0 Å². The zero-order valence-electron chi connectivity index (χ0n) is 8.95. The highest BCUT2D eigenvalue weighted by Gasteiger charge is 2.17. The Morgan fingerprint density at radius 3 is 3.00 bits per heavy atom. The Bertz CT molecular complexity index is 386. The van der Waals surface area contributed by atoms with Crippen molar-refractivity contribution in [3.05, 3.63) is 29.3 Å². The van der Waals surface area contributed by atoms with Gasteiger partial charge < -0.3 is 4.90 Å². The maximum atomic E-state index is 9.10. The summed E-state index contributed by atoms with van der Waals surface area (Å²) >= 11 is 0. The molecule has 0 aliphatic carbocycles. The second kappa shape index (κ2) is 4.33. The van der Waals surface area contributed by atoms with Crippen LogP contribution in [0.2, 0.25) is 0 Å². The summed E-state index contributed by atoms with van der Waals surface area (Å²) in [7, 11) is 0. The predicted octanol–water partition coefficient (Wildman–Crippen LogP) is 1.49. The van der Waals surface area contributed by atoms with Gasteiger partial charge in [0.15, 0.2) is 0 Å². The van der Waals surface area contributed by atoms with Crippen molar-refractivity contribution in [2.75, 3.05) is 24.7 Å². The van der Waals surface area contributed by atoms with Crippen molar-refractivity contribution >= 4 is 5.69 Å². The van der Waals surface area contributed by atoms with Crippen LogP contribution in [0.1, 0.15) is 18.1 Å². The molecule has 1 fully saturated rings. The lowest BCUT2D eigenvalue weighted by Gasteiger charge is -2.21. The molecule has 0 unspecified atom stereocenters. The minimum absolute atomic E-state index is 0.790. The first-order valence-corrected chi connectivity index (χ1v) is 5.34. The summed E-state index contributed by atoms with van der Waals surface area (Å²) in [4.78, 5) is 2.25. The smallest absolute Gasteiger partial charge is 0.101 e. The summed E-state index contributed by atoms with van der Waals surface area (Å²) in [6, 6.07) is 8.24. The van der Waals surface area contributed by atoms with Crippen LogP contribution in [0.25, 0.3) is 0 Å². The van der Waals surface area contributed by atoms with Gasteiger partial charge in [0.25, 0.3) is 0 Å². The van der Waals surface area contributed by atoms with E-state index in [0.717, 1.165) is 37.4 Å². The molecule has 1 aromatic carbocycles. The van der Waals surface area contributed by atoms with Crippen LogP contribution < -0.4 is 10.2 Å². The fraction of sp³-hybridized carbons (Fsp3) is 0.417. The van der Waals surface area contributed by atoms with Crippen molar-refractivity contribution in [1.29, 1.82) is 5.26 Å². The molecule has 1 N–H and O–H groups in total. The minimum Gasteiger partial charge on any atom is -0.356 e. The second-order valence-corrected chi connectivity index (χ2v) is 3.70. The van der Waals surface area contributed by atoms with Gasteiger partial charge in [0.05, 0.1) is 17.9 Å². The molecule has 1 aliphatic rings. The lowest BCUT2D eigenvalue weighted by Crippen LogP contribution is -2.23. The van der Waals surface area contributed by atoms with Crippen LogP contribution in [-0.4, -0.2) is 19.8 Å².